The number of rotatable bonds is 4. The van der Waals surface area contributed by atoms with Gasteiger partial charge in [-0.05, 0) is 0 Å². The van der Waals surface area contributed by atoms with Crippen LogP contribution in [0, 0.1) is 0 Å². The first-order valence-electron chi connectivity index (χ1n) is 6.15. The summed E-state index contributed by atoms with van der Waals surface area (Å²) in [5.74, 6) is 0. The molecular formula is C16H20Cl2Zr. The molecule has 0 aromatic heterocycles. The molecule has 0 N–H and O–H groups in total. The Morgan fingerprint density at radius 3 is 1.63 bits per heavy atom. The summed E-state index contributed by atoms with van der Waals surface area (Å²) in [6.45, 7) is 4.17. The Kier molecular flexibility index (Phi) is 9.70. The standard InChI is InChI=1S/2C8H9.2ClH.Zr/c2*1-2-5-8-6-3-4-7-8;;;/h2*2,5-7H,3H2,1H3;2*1H;. The molecule has 0 saturated carbocycles. The van der Waals surface area contributed by atoms with Crippen LogP contribution in [0.15, 0.2) is 66.3 Å². The Morgan fingerprint density at radius 1 is 0.842 bits per heavy atom. The van der Waals surface area contributed by atoms with Crippen molar-refractivity contribution in [1.29, 1.82) is 0 Å². The van der Waals surface area contributed by atoms with E-state index in [1.54, 1.807) is 6.56 Å². The zero-order valence-corrected chi connectivity index (χ0v) is 15.4. The van der Waals surface area contributed by atoms with Crippen molar-refractivity contribution in [3.63, 3.8) is 0 Å². The molecule has 0 bridgehead atoms. The largest absolute Gasteiger partial charge is 0.147 e. The van der Waals surface area contributed by atoms with Gasteiger partial charge in [0.25, 0.3) is 0 Å². The fraction of sp³-hybridized carbons (Fsp3) is 0.250. The van der Waals surface area contributed by atoms with Crippen LogP contribution in [0.3, 0.4) is 0 Å². The molecule has 19 heavy (non-hydrogen) atoms. The molecule has 0 aliphatic heterocycles. The molecule has 0 unspecified atom stereocenters. The van der Waals surface area contributed by atoms with E-state index in [0.29, 0.717) is 0 Å². The third kappa shape index (κ3) is 5.82. The van der Waals surface area contributed by atoms with Gasteiger partial charge in [0, 0.05) is 0 Å². The molecule has 0 atom stereocenters. The maximum atomic E-state index is 2.40. The summed E-state index contributed by atoms with van der Waals surface area (Å²) in [6, 6.07) is 0. The van der Waals surface area contributed by atoms with Crippen molar-refractivity contribution in [2.24, 2.45) is 0 Å². The van der Waals surface area contributed by atoms with Gasteiger partial charge in [0.1, 0.15) is 0 Å². The topological polar surface area (TPSA) is 0 Å². The van der Waals surface area contributed by atoms with Crippen molar-refractivity contribution < 1.29 is 23.2 Å². The van der Waals surface area contributed by atoms with E-state index in [2.05, 4.69) is 62.5 Å². The molecule has 0 fully saturated rings. The van der Waals surface area contributed by atoms with E-state index in [9.17, 15) is 0 Å². The molecular weight excluding hydrogens is 354 g/mol. The fourth-order valence-electron chi connectivity index (χ4n) is 2.09. The summed E-state index contributed by atoms with van der Waals surface area (Å²) in [6.07, 6.45) is 20.6. The SMILES string of the molecule is CC=CC1=CC[C]([Zr][C]2=CC(C=CC)=CC2)=C1.Cl.Cl. The van der Waals surface area contributed by atoms with Crippen molar-refractivity contribution in [3.05, 3.63) is 66.3 Å². The van der Waals surface area contributed by atoms with E-state index in [0.717, 1.165) is 0 Å². The predicted octanol–water partition coefficient (Wildman–Crippen LogP) is 5.49. The minimum absolute atomic E-state index is 0. The Hall–Kier alpha value is -0.0969. The van der Waals surface area contributed by atoms with E-state index in [1.165, 1.54) is 24.0 Å². The number of allylic oxidation sites excluding steroid dienone is 12. The summed E-state index contributed by atoms with van der Waals surface area (Å²) in [5.41, 5.74) is 2.81. The third-order valence-electron chi connectivity index (χ3n) is 2.84. The van der Waals surface area contributed by atoms with Gasteiger partial charge < -0.3 is 0 Å². The molecule has 102 valence electrons. The van der Waals surface area contributed by atoms with Crippen LogP contribution in [0.2, 0.25) is 0 Å². The van der Waals surface area contributed by atoms with Gasteiger partial charge in [-0.1, -0.05) is 0 Å². The third-order valence-corrected chi connectivity index (χ3v) is 6.13. The van der Waals surface area contributed by atoms with E-state index >= 15 is 0 Å². The van der Waals surface area contributed by atoms with E-state index in [-0.39, 0.29) is 24.8 Å². The van der Waals surface area contributed by atoms with Crippen LogP contribution in [0.1, 0.15) is 26.7 Å². The predicted molar refractivity (Wildman–Crippen MR) is 85.7 cm³/mol. The molecule has 2 aliphatic carbocycles. The van der Waals surface area contributed by atoms with Crippen LogP contribution in [-0.2, 0) is 23.2 Å². The number of hydrogen-bond donors (Lipinski definition) is 0. The van der Waals surface area contributed by atoms with E-state index < -0.39 is 23.2 Å². The molecule has 0 radical (unpaired) electrons. The second kappa shape index (κ2) is 9.75. The second-order valence-corrected chi connectivity index (χ2v) is 8.05. The molecule has 2 rings (SSSR count). The summed E-state index contributed by atoms with van der Waals surface area (Å²) in [5, 5.41) is 0. The first-order valence-corrected chi connectivity index (χ1v) is 8.61. The Bertz CT molecular complexity index is 433. The number of halogens is 2. The van der Waals surface area contributed by atoms with Crippen molar-refractivity contribution in [1.82, 2.24) is 0 Å². The molecule has 0 nitrogen and oxygen atoms in total. The van der Waals surface area contributed by atoms with Gasteiger partial charge in [-0.2, -0.15) is 0 Å². The van der Waals surface area contributed by atoms with Gasteiger partial charge in [0.05, 0.1) is 0 Å². The van der Waals surface area contributed by atoms with Crippen LogP contribution in [0.25, 0.3) is 0 Å². The molecule has 2 aliphatic rings. The summed E-state index contributed by atoms with van der Waals surface area (Å²) >= 11 is -0.478. The average molecular weight is 374 g/mol. The van der Waals surface area contributed by atoms with Crippen molar-refractivity contribution in [2.75, 3.05) is 0 Å². The average Bonchev–Trinajstić information content (AvgIpc) is 2.91. The smallest absolute Gasteiger partial charge is 0.147 e. The first-order chi connectivity index (χ1) is 8.31. The molecule has 3 heteroatoms. The quantitative estimate of drug-likeness (QED) is 0.610. The van der Waals surface area contributed by atoms with E-state index in [4.69, 9.17) is 0 Å². The fourth-order valence-corrected chi connectivity index (χ4v) is 5.28. The van der Waals surface area contributed by atoms with Crippen LogP contribution in [-0.4, -0.2) is 0 Å². The van der Waals surface area contributed by atoms with Gasteiger partial charge in [0.2, 0.25) is 0 Å². The van der Waals surface area contributed by atoms with Crippen LogP contribution in [0.5, 0.6) is 0 Å². The maximum absolute atomic E-state index is 2.40. The van der Waals surface area contributed by atoms with Crippen molar-refractivity contribution >= 4 is 24.8 Å². The van der Waals surface area contributed by atoms with Crippen LogP contribution < -0.4 is 0 Å². The van der Waals surface area contributed by atoms with Gasteiger partial charge >= 0.3 is 116 Å². The molecule has 0 heterocycles. The van der Waals surface area contributed by atoms with Crippen molar-refractivity contribution in [3.8, 4) is 0 Å². The van der Waals surface area contributed by atoms with Gasteiger partial charge in [-0.25, -0.2) is 0 Å². The first kappa shape index (κ1) is 18.9. The summed E-state index contributed by atoms with van der Waals surface area (Å²) in [7, 11) is 0. The molecule has 0 aromatic carbocycles. The van der Waals surface area contributed by atoms with Gasteiger partial charge in [-0.3, -0.25) is 0 Å². The Morgan fingerprint density at radius 2 is 1.26 bits per heavy atom. The maximum Gasteiger partial charge on any atom is -0.147 e. The summed E-state index contributed by atoms with van der Waals surface area (Å²) in [4.78, 5) is 0. The van der Waals surface area contributed by atoms with Gasteiger partial charge in [0.15, 0.2) is 0 Å². The second-order valence-electron chi connectivity index (χ2n) is 4.28. The Balaban J connectivity index is 0.00000162. The monoisotopic (exact) mass is 372 g/mol. The molecule has 0 spiro atoms. The molecule has 0 aromatic rings. The number of hydrogen-bond acceptors (Lipinski definition) is 0. The normalized spacial score (nSPS) is 17.6. The van der Waals surface area contributed by atoms with Crippen molar-refractivity contribution in [2.45, 2.75) is 26.7 Å². The molecule has 0 amide bonds. The zero-order chi connectivity index (χ0) is 12.1. The zero-order valence-electron chi connectivity index (χ0n) is 11.3. The Labute approximate surface area is 140 Å². The van der Waals surface area contributed by atoms with Crippen LogP contribution >= 0.6 is 24.8 Å². The van der Waals surface area contributed by atoms with E-state index in [1.807, 2.05) is 0 Å². The molecule has 0 saturated heterocycles. The minimum Gasteiger partial charge on any atom is -0.147 e. The van der Waals surface area contributed by atoms with Crippen LogP contribution in [0.4, 0.5) is 0 Å². The van der Waals surface area contributed by atoms with Gasteiger partial charge in [-0.15, -0.1) is 24.8 Å². The minimum atomic E-state index is -0.478. The summed E-state index contributed by atoms with van der Waals surface area (Å²) < 4.78 is 3.42.